The third-order valence-electron chi connectivity index (χ3n) is 6.94. The van der Waals surface area contributed by atoms with E-state index in [1.807, 2.05) is 35.7 Å². The first-order chi connectivity index (χ1) is 15.4. The molecule has 2 aliphatic rings. The second kappa shape index (κ2) is 9.20. The number of halogens is 1. The Morgan fingerprint density at radius 2 is 1.94 bits per heavy atom. The van der Waals surface area contributed by atoms with Crippen LogP contribution in [0, 0.1) is 19.8 Å². The summed E-state index contributed by atoms with van der Waals surface area (Å²) in [7, 11) is 1.99. The minimum Gasteiger partial charge on any atom is -0.359 e. The van der Waals surface area contributed by atoms with Crippen LogP contribution >= 0.6 is 12.4 Å². The van der Waals surface area contributed by atoms with Crippen molar-refractivity contribution in [2.45, 2.75) is 45.6 Å². The predicted octanol–water partition coefficient (Wildman–Crippen LogP) is 4.86. The standard InChI is InChI=1S/C26H31N5O.ClH/c1-16-12-17(2)29-23(16)14-22-21-9-6-19(25-28-10-11-30(25)3)13-24(21)31(26(22)32)15-18-4-7-20(27)8-5-18;/h6,9-14,18,20,29H,4-5,7-8,15,27H2,1-3H3;1H/b22-14-;. The van der Waals surface area contributed by atoms with Gasteiger partial charge < -0.3 is 20.2 Å². The van der Waals surface area contributed by atoms with Crippen LogP contribution in [0.25, 0.3) is 23.0 Å². The van der Waals surface area contributed by atoms with Gasteiger partial charge >= 0.3 is 0 Å². The molecule has 33 heavy (non-hydrogen) atoms. The number of fused-ring (bicyclic) bond motifs is 1. The van der Waals surface area contributed by atoms with Crippen LogP contribution in [0.2, 0.25) is 0 Å². The third kappa shape index (κ3) is 4.37. The maximum atomic E-state index is 13.7. The van der Waals surface area contributed by atoms with Gasteiger partial charge in [-0.25, -0.2) is 4.98 Å². The topological polar surface area (TPSA) is 79.9 Å². The van der Waals surface area contributed by atoms with Crippen LogP contribution in [-0.4, -0.2) is 33.0 Å². The monoisotopic (exact) mass is 465 g/mol. The maximum Gasteiger partial charge on any atom is 0.259 e. The van der Waals surface area contributed by atoms with Crippen LogP contribution in [0.4, 0.5) is 5.69 Å². The Kier molecular flexibility index (Phi) is 6.50. The van der Waals surface area contributed by atoms with Gasteiger partial charge in [0.15, 0.2) is 0 Å². The highest BCUT2D eigenvalue weighted by Crippen LogP contribution is 2.41. The predicted molar refractivity (Wildman–Crippen MR) is 136 cm³/mol. The van der Waals surface area contributed by atoms with Crippen molar-refractivity contribution in [3.05, 3.63) is 59.2 Å². The number of aryl methyl sites for hydroxylation is 3. The number of carbonyl (C=O) groups excluding carboxylic acids is 1. The molecule has 1 amide bonds. The molecule has 1 fully saturated rings. The number of rotatable bonds is 4. The summed E-state index contributed by atoms with van der Waals surface area (Å²) in [6, 6.07) is 8.68. The van der Waals surface area contributed by atoms with E-state index in [0.29, 0.717) is 12.0 Å². The zero-order valence-electron chi connectivity index (χ0n) is 19.5. The van der Waals surface area contributed by atoms with Gasteiger partial charge in [0.25, 0.3) is 5.91 Å². The van der Waals surface area contributed by atoms with E-state index in [-0.39, 0.29) is 18.3 Å². The number of hydrogen-bond acceptors (Lipinski definition) is 3. The number of nitrogens with one attached hydrogen (secondary N) is 1. The molecule has 0 unspecified atom stereocenters. The Morgan fingerprint density at radius 3 is 2.58 bits per heavy atom. The fourth-order valence-electron chi connectivity index (χ4n) is 5.13. The lowest BCUT2D eigenvalue weighted by Crippen LogP contribution is -2.36. The molecule has 1 aliphatic carbocycles. The van der Waals surface area contributed by atoms with Crippen LogP contribution in [0.3, 0.4) is 0 Å². The van der Waals surface area contributed by atoms with Gasteiger partial charge in [-0.05, 0) is 69.2 Å². The van der Waals surface area contributed by atoms with Gasteiger partial charge in [0, 0.05) is 54.5 Å². The zero-order valence-corrected chi connectivity index (χ0v) is 20.3. The number of nitrogens with zero attached hydrogens (tertiary/aromatic N) is 3. The molecule has 3 aromatic rings. The molecule has 0 saturated heterocycles. The second-order valence-electron chi connectivity index (χ2n) is 9.40. The number of anilines is 1. The normalized spacial score (nSPS) is 21.4. The number of H-pyrrole nitrogens is 1. The summed E-state index contributed by atoms with van der Waals surface area (Å²) in [5, 5.41) is 0. The highest BCUT2D eigenvalue weighted by atomic mass is 35.5. The molecule has 2 aromatic heterocycles. The van der Waals surface area contributed by atoms with Gasteiger partial charge in [-0.1, -0.05) is 12.1 Å². The summed E-state index contributed by atoms with van der Waals surface area (Å²) in [6.45, 7) is 4.85. The first-order valence-corrected chi connectivity index (χ1v) is 11.5. The fraction of sp³-hybridized carbons (Fsp3) is 0.385. The van der Waals surface area contributed by atoms with Crippen LogP contribution in [-0.2, 0) is 11.8 Å². The number of benzene rings is 1. The lowest BCUT2D eigenvalue weighted by Gasteiger charge is -2.30. The molecule has 0 spiro atoms. The SMILES string of the molecule is Cc1cc(C)c(/C=C2\C(=O)N(CC3CCC(N)CC3)c3cc(-c4nccn4C)ccc32)[nH]1.Cl. The van der Waals surface area contributed by atoms with Crippen molar-refractivity contribution in [2.24, 2.45) is 18.7 Å². The fourth-order valence-corrected chi connectivity index (χ4v) is 5.13. The second-order valence-corrected chi connectivity index (χ2v) is 9.40. The smallest absolute Gasteiger partial charge is 0.259 e. The highest BCUT2D eigenvalue weighted by Gasteiger charge is 2.35. The van der Waals surface area contributed by atoms with E-state index in [0.717, 1.165) is 77.4 Å². The van der Waals surface area contributed by atoms with E-state index in [1.54, 1.807) is 6.20 Å². The van der Waals surface area contributed by atoms with Gasteiger partial charge in [0.05, 0.1) is 11.3 Å². The molecule has 1 aliphatic heterocycles. The Morgan fingerprint density at radius 1 is 1.18 bits per heavy atom. The number of aromatic nitrogens is 3. The molecular formula is C26H32ClN5O. The zero-order chi connectivity index (χ0) is 22.4. The Labute approximate surface area is 201 Å². The van der Waals surface area contributed by atoms with E-state index in [4.69, 9.17) is 5.73 Å². The number of amides is 1. The molecule has 0 radical (unpaired) electrons. The minimum atomic E-state index is 0. The van der Waals surface area contributed by atoms with Crippen molar-refractivity contribution >= 4 is 35.7 Å². The lowest BCUT2D eigenvalue weighted by atomic mass is 9.86. The van der Waals surface area contributed by atoms with Gasteiger partial charge in [0.1, 0.15) is 5.82 Å². The molecule has 3 heterocycles. The van der Waals surface area contributed by atoms with Crippen molar-refractivity contribution in [1.29, 1.82) is 0 Å². The molecular weight excluding hydrogens is 434 g/mol. The van der Waals surface area contributed by atoms with Gasteiger partial charge in [-0.3, -0.25) is 4.79 Å². The van der Waals surface area contributed by atoms with E-state index in [1.165, 1.54) is 0 Å². The van der Waals surface area contributed by atoms with Crippen LogP contribution in [0.1, 0.15) is 48.2 Å². The van der Waals surface area contributed by atoms with E-state index in [2.05, 4.69) is 41.2 Å². The average molecular weight is 466 g/mol. The highest BCUT2D eigenvalue weighted by molar-refractivity contribution is 6.36. The first kappa shape index (κ1) is 23.3. The summed E-state index contributed by atoms with van der Waals surface area (Å²) in [6.07, 6.45) is 9.99. The molecule has 1 saturated carbocycles. The summed E-state index contributed by atoms with van der Waals surface area (Å²) in [4.78, 5) is 23.6. The number of nitrogens with two attached hydrogens (primary N) is 1. The van der Waals surface area contributed by atoms with E-state index >= 15 is 0 Å². The van der Waals surface area contributed by atoms with Crippen molar-refractivity contribution in [3.8, 4) is 11.4 Å². The van der Waals surface area contributed by atoms with Gasteiger partial charge in [-0.15, -0.1) is 12.4 Å². The summed E-state index contributed by atoms with van der Waals surface area (Å²) < 4.78 is 2.01. The molecule has 0 atom stereocenters. The Balaban J connectivity index is 0.00000259. The molecule has 1 aromatic carbocycles. The van der Waals surface area contributed by atoms with Crippen molar-refractivity contribution < 1.29 is 4.79 Å². The number of carbonyl (C=O) groups is 1. The molecule has 174 valence electrons. The van der Waals surface area contributed by atoms with Crippen molar-refractivity contribution in [3.63, 3.8) is 0 Å². The molecule has 3 N–H and O–H groups in total. The molecule has 5 rings (SSSR count). The molecule has 7 heteroatoms. The number of hydrogen-bond donors (Lipinski definition) is 2. The van der Waals surface area contributed by atoms with Crippen molar-refractivity contribution in [1.82, 2.24) is 14.5 Å². The largest absolute Gasteiger partial charge is 0.359 e. The lowest BCUT2D eigenvalue weighted by molar-refractivity contribution is -0.113. The van der Waals surface area contributed by atoms with Gasteiger partial charge in [-0.2, -0.15) is 0 Å². The maximum absolute atomic E-state index is 13.7. The van der Waals surface area contributed by atoms with Crippen LogP contribution in [0.15, 0.2) is 36.7 Å². The van der Waals surface area contributed by atoms with Crippen LogP contribution in [0.5, 0.6) is 0 Å². The quantitative estimate of drug-likeness (QED) is 0.540. The number of imidazole rings is 1. The van der Waals surface area contributed by atoms with E-state index < -0.39 is 0 Å². The third-order valence-corrected chi connectivity index (χ3v) is 6.94. The summed E-state index contributed by atoms with van der Waals surface area (Å²) in [5.41, 5.74) is 13.1. The Bertz CT molecular complexity index is 1200. The summed E-state index contributed by atoms with van der Waals surface area (Å²) >= 11 is 0. The van der Waals surface area contributed by atoms with Gasteiger partial charge in [0.2, 0.25) is 0 Å². The number of aromatic amines is 1. The Hall–Kier alpha value is -2.83. The van der Waals surface area contributed by atoms with Crippen LogP contribution < -0.4 is 10.6 Å². The molecule has 6 nitrogen and oxygen atoms in total. The van der Waals surface area contributed by atoms with Crippen molar-refractivity contribution in [2.75, 3.05) is 11.4 Å². The molecule has 0 bridgehead atoms. The minimum absolute atomic E-state index is 0. The first-order valence-electron chi connectivity index (χ1n) is 11.5. The summed E-state index contributed by atoms with van der Waals surface area (Å²) in [5.74, 6) is 1.47. The average Bonchev–Trinajstić information content (AvgIpc) is 3.41. The van der Waals surface area contributed by atoms with E-state index in [9.17, 15) is 4.79 Å².